The molecule has 9 heteroatoms. The Morgan fingerprint density at radius 2 is 2.18 bits per heavy atom. The molecule has 0 aliphatic carbocycles. The highest BCUT2D eigenvalue weighted by atomic mass is 32.2. The molecule has 1 aliphatic rings. The molecule has 1 saturated heterocycles. The van der Waals surface area contributed by atoms with E-state index in [1.54, 1.807) is 11.6 Å². The van der Waals surface area contributed by atoms with Gasteiger partial charge in [0.25, 0.3) is 0 Å². The molecular formula is C13H14N6O2S. The summed E-state index contributed by atoms with van der Waals surface area (Å²) in [5, 5.41) is 15.2. The van der Waals surface area contributed by atoms with Crippen LogP contribution in [0.25, 0.3) is 22.4 Å². The van der Waals surface area contributed by atoms with Crippen molar-refractivity contribution in [3.05, 3.63) is 24.0 Å². The van der Waals surface area contributed by atoms with Gasteiger partial charge in [0.15, 0.2) is 15.7 Å². The average Bonchev–Trinajstić information content (AvgIpc) is 3.16. The van der Waals surface area contributed by atoms with Crippen LogP contribution in [-0.4, -0.2) is 50.1 Å². The Bertz CT molecular complexity index is 958. The third-order valence-corrected chi connectivity index (χ3v) is 5.63. The van der Waals surface area contributed by atoms with Crippen molar-refractivity contribution in [2.75, 3.05) is 11.5 Å². The van der Waals surface area contributed by atoms with Crippen molar-refractivity contribution >= 4 is 20.9 Å². The van der Waals surface area contributed by atoms with Gasteiger partial charge in [0, 0.05) is 5.56 Å². The average molecular weight is 318 g/mol. The molecule has 0 radical (unpaired) electrons. The van der Waals surface area contributed by atoms with E-state index in [-0.39, 0.29) is 17.5 Å². The number of sulfone groups is 1. The fraction of sp³-hybridized carbons (Fsp3) is 0.385. The molecule has 8 nitrogen and oxygen atoms in total. The Morgan fingerprint density at radius 1 is 1.32 bits per heavy atom. The first-order chi connectivity index (χ1) is 10.5. The number of hydrogen-bond donors (Lipinski definition) is 1. The molecule has 1 unspecified atom stereocenters. The first-order valence-electron chi connectivity index (χ1n) is 6.97. The molecule has 0 saturated carbocycles. The Hall–Kier alpha value is -2.29. The number of aromatic amines is 1. The topological polar surface area (TPSA) is 106 Å². The Morgan fingerprint density at radius 3 is 2.95 bits per heavy atom. The summed E-state index contributed by atoms with van der Waals surface area (Å²) in [7, 11) is -2.99. The zero-order valence-corrected chi connectivity index (χ0v) is 12.7. The predicted molar refractivity (Wildman–Crippen MR) is 79.9 cm³/mol. The minimum absolute atomic E-state index is 0.109. The van der Waals surface area contributed by atoms with E-state index in [2.05, 4.69) is 25.5 Å². The third-order valence-electron chi connectivity index (χ3n) is 3.88. The summed E-state index contributed by atoms with van der Waals surface area (Å²) >= 11 is 0. The van der Waals surface area contributed by atoms with Gasteiger partial charge in [-0.25, -0.2) is 18.1 Å². The monoisotopic (exact) mass is 318 g/mol. The van der Waals surface area contributed by atoms with E-state index < -0.39 is 9.84 Å². The molecule has 0 bridgehead atoms. The molecule has 1 atom stereocenters. The van der Waals surface area contributed by atoms with Crippen LogP contribution in [0.5, 0.6) is 0 Å². The maximum absolute atomic E-state index is 11.8. The quantitative estimate of drug-likeness (QED) is 0.752. The number of nitrogens with one attached hydrogen (secondary N) is 1. The number of H-pyrrole nitrogens is 1. The van der Waals surface area contributed by atoms with Gasteiger partial charge in [-0.3, -0.25) is 0 Å². The molecular weight excluding hydrogens is 304 g/mol. The molecule has 2 aromatic heterocycles. The lowest BCUT2D eigenvalue weighted by molar-refractivity contribution is 0.502. The van der Waals surface area contributed by atoms with E-state index in [1.165, 1.54) is 0 Å². The summed E-state index contributed by atoms with van der Waals surface area (Å²) in [5.74, 6) is 1.56. The van der Waals surface area contributed by atoms with Crippen LogP contribution in [0.1, 0.15) is 18.3 Å². The van der Waals surface area contributed by atoms with E-state index >= 15 is 0 Å². The summed E-state index contributed by atoms with van der Waals surface area (Å²) in [6, 6.07) is 5.45. The van der Waals surface area contributed by atoms with E-state index in [0.717, 1.165) is 11.1 Å². The largest absolute Gasteiger partial charge is 0.241 e. The number of aryl methyl sites for hydroxylation is 1. The van der Waals surface area contributed by atoms with Crippen LogP contribution >= 0.6 is 0 Å². The van der Waals surface area contributed by atoms with Crippen LogP contribution in [0, 0.1) is 6.92 Å². The van der Waals surface area contributed by atoms with Crippen molar-refractivity contribution in [2.24, 2.45) is 0 Å². The molecule has 0 spiro atoms. The first-order valence-corrected chi connectivity index (χ1v) is 8.79. The van der Waals surface area contributed by atoms with Gasteiger partial charge in [-0.2, -0.15) is 20.5 Å². The van der Waals surface area contributed by atoms with E-state index in [0.29, 0.717) is 23.6 Å². The van der Waals surface area contributed by atoms with Gasteiger partial charge in [0.05, 0.1) is 17.5 Å². The highest BCUT2D eigenvalue weighted by Crippen LogP contribution is 2.30. The van der Waals surface area contributed by atoms with Crippen LogP contribution in [0.4, 0.5) is 0 Å². The van der Waals surface area contributed by atoms with Gasteiger partial charge in [-0.15, -0.1) is 0 Å². The van der Waals surface area contributed by atoms with Gasteiger partial charge in [-0.05, 0) is 25.5 Å². The van der Waals surface area contributed by atoms with Gasteiger partial charge in [0.2, 0.25) is 0 Å². The lowest BCUT2D eigenvalue weighted by Crippen LogP contribution is -2.14. The SMILES string of the molecule is Cc1nc(-c2cccc3n[nH]nc23)n(C2CCS(=O)(=O)C2)n1. The number of nitrogens with zero attached hydrogens (tertiary/aromatic N) is 5. The normalized spacial score (nSPS) is 20.7. The minimum atomic E-state index is -2.99. The molecule has 1 fully saturated rings. The van der Waals surface area contributed by atoms with Crippen LogP contribution in [0.15, 0.2) is 18.2 Å². The molecule has 3 heterocycles. The number of rotatable bonds is 2. The maximum Gasteiger partial charge on any atom is 0.161 e. The van der Waals surface area contributed by atoms with Gasteiger partial charge in [-0.1, -0.05) is 6.07 Å². The van der Waals surface area contributed by atoms with Crippen LogP contribution < -0.4 is 0 Å². The zero-order valence-electron chi connectivity index (χ0n) is 11.9. The Balaban J connectivity index is 1.88. The number of hydrogen-bond acceptors (Lipinski definition) is 6. The molecule has 1 N–H and O–H groups in total. The van der Waals surface area contributed by atoms with Crippen molar-refractivity contribution in [1.29, 1.82) is 0 Å². The smallest absolute Gasteiger partial charge is 0.161 e. The molecule has 3 aromatic rings. The van der Waals surface area contributed by atoms with Crippen molar-refractivity contribution in [2.45, 2.75) is 19.4 Å². The van der Waals surface area contributed by atoms with Crippen LogP contribution in [-0.2, 0) is 9.84 Å². The maximum atomic E-state index is 11.8. The molecule has 4 rings (SSSR count). The van der Waals surface area contributed by atoms with Gasteiger partial charge >= 0.3 is 0 Å². The van der Waals surface area contributed by atoms with E-state index in [4.69, 9.17) is 0 Å². The summed E-state index contributed by atoms with van der Waals surface area (Å²) in [5.41, 5.74) is 2.25. The minimum Gasteiger partial charge on any atom is -0.241 e. The number of para-hydroxylation sites is 1. The lowest BCUT2D eigenvalue weighted by atomic mass is 10.1. The Labute approximate surface area is 126 Å². The first kappa shape index (κ1) is 13.4. The summed E-state index contributed by atoms with van der Waals surface area (Å²) < 4.78 is 25.2. The van der Waals surface area contributed by atoms with E-state index in [9.17, 15) is 8.42 Å². The fourth-order valence-corrected chi connectivity index (χ4v) is 4.58. The highest BCUT2D eigenvalue weighted by Gasteiger charge is 2.32. The van der Waals surface area contributed by atoms with Crippen LogP contribution in [0.2, 0.25) is 0 Å². The number of aromatic nitrogens is 6. The second-order valence-corrected chi connectivity index (χ2v) is 7.71. The summed E-state index contributed by atoms with van der Waals surface area (Å²) in [6.07, 6.45) is 0.562. The molecule has 1 aromatic carbocycles. The van der Waals surface area contributed by atoms with Crippen molar-refractivity contribution in [3.8, 4) is 11.4 Å². The second kappa shape index (κ2) is 4.60. The van der Waals surface area contributed by atoms with Gasteiger partial charge < -0.3 is 0 Å². The molecule has 1 aliphatic heterocycles. The second-order valence-electron chi connectivity index (χ2n) is 5.48. The molecule has 114 valence electrons. The summed E-state index contributed by atoms with van der Waals surface area (Å²) in [4.78, 5) is 4.48. The van der Waals surface area contributed by atoms with Gasteiger partial charge in [0.1, 0.15) is 16.9 Å². The standard InChI is InChI=1S/C13H14N6O2S/c1-8-14-13(10-3-2-4-11-12(10)16-18-15-11)19(17-8)9-5-6-22(20,21)7-9/h2-4,9H,5-7H2,1H3,(H,15,16,18). The summed E-state index contributed by atoms with van der Waals surface area (Å²) in [6.45, 7) is 1.80. The predicted octanol–water partition coefficient (Wildman–Crippen LogP) is 0.884. The molecule has 22 heavy (non-hydrogen) atoms. The van der Waals surface area contributed by atoms with Crippen LogP contribution in [0.3, 0.4) is 0 Å². The number of fused-ring (bicyclic) bond motifs is 1. The highest BCUT2D eigenvalue weighted by molar-refractivity contribution is 7.91. The molecule has 0 amide bonds. The van der Waals surface area contributed by atoms with E-state index in [1.807, 2.05) is 18.2 Å². The number of benzene rings is 1. The third kappa shape index (κ3) is 2.08. The zero-order chi connectivity index (χ0) is 15.3. The van der Waals surface area contributed by atoms with Crippen molar-refractivity contribution in [1.82, 2.24) is 30.2 Å². The fourth-order valence-electron chi connectivity index (χ4n) is 2.88. The van der Waals surface area contributed by atoms with Crippen molar-refractivity contribution in [3.63, 3.8) is 0 Å². The van der Waals surface area contributed by atoms with Crippen molar-refractivity contribution < 1.29 is 8.42 Å². The Kier molecular flexibility index (Phi) is 2.80. The lowest BCUT2D eigenvalue weighted by Gasteiger charge is -2.11.